The summed E-state index contributed by atoms with van der Waals surface area (Å²) in [5, 5.41) is 2.72. The molecule has 0 radical (unpaired) electrons. The van der Waals surface area contributed by atoms with Gasteiger partial charge in [0.15, 0.2) is 5.58 Å². The zero-order valence-electron chi connectivity index (χ0n) is 16.0. The number of hydrogen-bond acceptors (Lipinski definition) is 5. The van der Waals surface area contributed by atoms with Crippen LogP contribution in [0.1, 0.15) is 18.5 Å². The van der Waals surface area contributed by atoms with Crippen LogP contribution in [0.4, 0.5) is 5.69 Å². The van der Waals surface area contributed by atoms with E-state index in [0.717, 1.165) is 4.31 Å². The quantitative estimate of drug-likeness (QED) is 0.705. The minimum absolute atomic E-state index is 0.0666. The number of sulfonamides is 1. The van der Waals surface area contributed by atoms with Gasteiger partial charge in [0.05, 0.1) is 10.4 Å². The molecular weight excluding hydrogens is 382 g/mol. The van der Waals surface area contributed by atoms with Gasteiger partial charge in [0.2, 0.25) is 15.9 Å². The van der Waals surface area contributed by atoms with Crippen LogP contribution in [0.25, 0.3) is 11.1 Å². The van der Waals surface area contributed by atoms with Crippen molar-refractivity contribution >= 4 is 32.7 Å². The molecule has 1 heterocycles. The molecule has 0 aliphatic carbocycles. The normalized spacial score (nSPS) is 13.0. The Labute approximate surface area is 162 Å². The van der Waals surface area contributed by atoms with Crippen LogP contribution in [0.5, 0.6) is 0 Å². The molecule has 9 heteroatoms. The highest BCUT2D eigenvalue weighted by molar-refractivity contribution is 7.89. The van der Waals surface area contributed by atoms with Gasteiger partial charge in [-0.25, -0.2) is 17.5 Å². The smallest absolute Gasteiger partial charge is 0.408 e. The second kappa shape index (κ2) is 7.25. The van der Waals surface area contributed by atoms with E-state index < -0.39 is 27.7 Å². The van der Waals surface area contributed by atoms with Crippen LogP contribution in [-0.4, -0.2) is 37.3 Å². The van der Waals surface area contributed by atoms with Crippen LogP contribution in [0.3, 0.4) is 0 Å². The first-order chi connectivity index (χ1) is 13.1. The molecule has 8 nitrogen and oxygen atoms in total. The number of carbonyl (C=O) groups excluding carboxylic acids is 1. The SMILES string of the molecule is Cc1ccc(S(=O)(=O)N(C)C)cc1NC(=O)C(C)n1c(=O)oc2ccccc21. The number of benzene rings is 2. The number of carbonyl (C=O) groups is 1. The number of oxazole rings is 1. The maximum atomic E-state index is 12.8. The van der Waals surface area contributed by atoms with Crippen LogP contribution in [0.2, 0.25) is 0 Å². The maximum absolute atomic E-state index is 12.8. The lowest BCUT2D eigenvalue weighted by molar-refractivity contribution is -0.118. The molecule has 28 heavy (non-hydrogen) atoms. The van der Waals surface area contributed by atoms with Gasteiger partial charge < -0.3 is 9.73 Å². The number of anilines is 1. The van der Waals surface area contributed by atoms with Crippen molar-refractivity contribution in [2.75, 3.05) is 19.4 Å². The van der Waals surface area contributed by atoms with E-state index in [1.165, 1.54) is 30.8 Å². The van der Waals surface area contributed by atoms with E-state index >= 15 is 0 Å². The van der Waals surface area contributed by atoms with Crippen molar-refractivity contribution in [3.63, 3.8) is 0 Å². The zero-order valence-corrected chi connectivity index (χ0v) is 16.8. The van der Waals surface area contributed by atoms with E-state index in [1.54, 1.807) is 44.2 Å². The fraction of sp³-hybridized carbons (Fsp3) is 0.263. The van der Waals surface area contributed by atoms with Crippen molar-refractivity contribution in [3.8, 4) is 0 Å². The predicted octanol–water partition coefficient (Wildman–Crippen LogP) is 2.35. The Kier molecular flexibility index (Phi) is 5.14. The minimum Gasteiger partial charge on any atom is -0.408 e. The number of aryl methyl sites for hydroxylation is 1. The molecule has 1 N–H and O–H groups in total. The molecule has 0 bridgehead atoms. The van der Waals surface area contributed by atoms with Gasteiger partial charge in [-0.15, -0.1) is 0 Å². The number of para-hydroxylation sites is 2. The lowest BCUT2D eigenvalue weighted by atomic mass is 10.2. The zero-order chi connectivity index (χ0) is 20.6. The summed E-state index contributed by atoms with van der Waals surface area (Å²) in [5.41, 5.74) is 1.96. The third-order valence-corrected chi connectivity index (χ3v) is 6.34. The Morgan fingerprint density at radius 2 is 1.86 bits per heavy atom. The van der Waals surface area contributed by atoms with Gasteiger partial charge >= 0.3 is 5.76 Å². The number of aromatic nitrogens is 1. The molecule has 0 aliphatic rings. The minimum atomic E-state index is -3.64. The number of rotatable bonds is 5. The molecule has 1 unspecified atom stereocenters. The molecule has 1 amide bonds. The van der Waals surface area contributed by atoms with Crippen LogP contribution >= 0.6 is 0 Å². The average molecular weight is 403 g/mol. The van der Waals surface area contributed by atoms with E-state index in [4.69, 9.17) is 4.42 Å². The highest BCUT2D eigenvalue weighted by atomic mass is 32.2. The second-order valence-corrected chi connectivity index (χ2v) is 8.79. The molecule has 1 aromatic heterocycles. The van der Waals surface area contributed by atoms with Crippen molar-refractivity contribution in [3.05, 3.63) is 58.6 Å². The van der Waals surface area contributed by atoms with Gasteiger partial charge in [-0.1, -0.05) is 18.2 Å². The highest BCUT2D eigenvalue weighted by Crippen LogP contribution is 2.24. The van der Waals surface area contributed by atoms with Gasteiger partial charge in [0, 0.05) is 19.8 Å². The van der Waals surface area contributed by atoms with Crippen molar-refractivity contribution < 1.29 is 17.6 Å². The van der Waals surface area contributed by atoms with Crippen LogP contribution in [0, 0.1) is 6.92 Å². The molecule has 0 saturated heterocycles. The summed E-state index contributed by atoms with van der Waals surface area (Å²) in [6, 6.07) is 10.5. The van der Waals surface area contributed by atoms with Crippen LogP contribution in [-0.2, 0) is 14.8 Å². The topological polar surface area (TPSA) is 102 Å². The largest absolute Gasteiger partial charge is 0.420 e. The van der Waals surface area contributed by atoms with Gasteiger partial charge in [-0.2, -0.15) is 0 Å². The summed E-state index contributed by atoms with van der Waals surface area (Å²) in [7, 11) is -0.766. The lowest BCUT2D eigenvalue weighted by Crippen LogP contribution is -2.29. The van der Waals surface area contributed by atoms with E-state index in [9.17, 15) is 18.0 Å². The molecule has 0 spiro atoms. The standard InChI is InChI=1S/C19H21N3O5S/c1-12-9-10-14(28(25,26)21(3)4)11-15(12)20-18(23)13(2)22-16-7-5-6-8-17(16)27-19(22)24/h5-11,13H,1-4H3,(H,20,23). The number of amides is 1. The third kappa shape index (κ3) is 3.46. The summed E-state index contributed by atoms with van der Waals surface area (Å²) < 4.78 is 32.2. The summed E-state index contributed by atoms with van der Waals surface area (Å²) in [4.78, 5) is 25.0. The number of nitrogens with one attached hydrogen (secondary N) is 1. The molecule has 3 aromatic rings. The first-order valence-electron chi connectivity index (χ1n) is 8.57. The van der Waals surface area contributed by atoms with Gasteiger partial charge in [0.1, 0.15) is 6.04 Å². The van der Waals surface area contributed by atoms with Crippen molar-refractivity contribution in [1.82, 2.24) is 8.87 Å². The first-order valence-corrected chi connectivity index (χ1v) is 10.0. The Morgan fingerprint density at radius 3 is 2.54 bits per heavy atom. The molecule has 0 saturated carbocycles. The van der Waals surface area contributed by atoms with E-state index in [-0.39, 0.29) is 4.90 Å². The van der Waals surface area contributed by atoms with Crippen molar-refractivity contribution in [2.45, 2.75) is 24.8 Å². The Morgan fingerprint density at radius 1 is 1.18 bits per heavy atom. The molecule has 0 fully saturated rings. The molecule has 3 rings (SSSR count). The lowest BCUT2D eigenvalue weighted by Gasteiger charge is -2.17. The first kappa shape index (κ1) is 19.8. The average Bonchev–Trinajstić information content (AvgIpc) is 2.98. The molecule has 1 atom stereocenters. The maximum Gasteiger partial charge on any atom is 0.420 e. The molecule has 148 valence electrons. The summed E-state index contributed by atoms with van der Waals surface area (Å²) >= 11 is 0. The fourth-order valence-electron chi connectivity index (χ4n) is 2.81. The Balaban J connectivity index is 1.95. The monoisotopic (exact) mass is 403 g/mol. The van der Waals surface area contributed by atoms with Gasteiger partial charge in [-0.05, 0) is 43.7 Å². The van der Waals surface area contributed by atoms with Crippen LogP contribution in [0.15, 0.2) is 56.6 Å². The second-order valence-electron chi connectivity index (χ2n) is 6.64. The summed E-state index contributed by atoms with van der Waals surface area (Å²) in [6.07, 6.45) is 0. The van der Waals surface area contributed by atoms with Crippen molar-refractivity contribution in [1.29, 1.82) is 0 Å². The van der Waals surface area contributed by atoms with Crippen LogP contribution < -0.4 is 11.1 Å². The Hall–Kier alpha value is -2.91. The third-order valence-electron chi connectivity index (χ3n) is 4.53. The molecular formula is C19H21N3O5S. The van der Waals surface area contributed by atoms with Crippen molar-refractivity contribution in [2.24, 2.45) is 0 Å². The number of nitrogens with zero attached hydrogens (tertiary/aromatic N) is 2. The van der Waals surface area contributed by atoms with Gasteiger partial charge in [-0.3, -0.25) is 9.36 Å². The number of hydrogen-bond donors (Lipinski definition) is 1. The van der Waals surface area contributed by atoms with E-state index in [0.29, 0.717) is 22.4 Å². The summed E-state index contributed by atoms with van der Waals surface area (Å²) in [5.74, 6) is -1.10. The van der Waals surface area contributed by atoms with E-state index in [1.807, 2.05) is 0 Å². The Bertz CT molecular complexity index is 1210. The van der Waals surface area contributed by atoms with Gasteiger partial charge in [0.25, 0.3) is 0 Å². The highest BCUT2D eigenvalue weighted by Gasteiger charge is 2.23. The predicted molar refractivity (Wildman–Crippen MR) is 106 cm³/mol. The van der Waals surface area contributed by atoms with E-state index in [2.05, 4.69) is 5.32 Å². The fourth-order valence-corrected chi connectivity index (χ4v) is 3.74. The molecule has 0 aliphatic heterocycles. The number of fused-ring (bicyclic) bond motifs is 1. The molecule has 2 aromatic carbocycles. The summed E-state index contributed by atoms with van der Waals surface area (Å²) in [6.45, 7) is 3.33.